The van der Waals surface area contributed by atoms with Gasteiger partial charge in [-0.25, -0.2) is 9.37 Å². The van der Waals surface area contributed by atoms with Crippen molar-refractivity contribution >= 4 is 16.8 Å². The highest BCUT2D eigenvalue weighted by atomic mass is 19.1. The molecule has 0 bridgehead atoms. The Morgan fingerprint density at radius 2 is 2.00 bits per heavy atom. The number of nitrogens with one attached hydrogen (secondary N) is 2. The maximum atomic E-state index is 13.9. The van der Waals surface area contributed by atoms with Crippen LogP contribution in [0.2, 0.25) is 0 Å². The lowest BCUT2D eigenvalue weighted by molar-refractivity contribution is 0.0889. The summed E-state index contributed by atoms with van der Waals surface area (Å²) in [6.07, 6.45) is 1.73. The Bertz CT molecular complexity index is 1070. The number of nitrogens with zero attached hydrogens (tertiary/aromatic N) is 2. The molecule has 6 nitrogen and oxygen atoms in total. The lowest BCUT2D eigenvalue weighted by Gasteiger charge is -2.33. The Morgan fingerprint density at radius 3 is 2.86 bits per heavy atom. The Hall–Kier alpha value is -3.06. The minimum Gasteiger partial charge on any atom is -0.345 e. The molecule has 1 saturated heterocycles. The molecule has 1 amide bonds. The van der Waals surface area contributed by atoms with Gasteiger partial charge in [0.2, 0.25) is 0 Å². The normalized spacial score (nSPS) is 17.5. The highest BCUT2D eigenvalue weighted by molar-refractivity contribution is 5.92. The first-order valence-electron chi connectivity index (χ1n) is 9.36. The maximum Gasteiger partial charge on any atom is 0.287 e. The molecule has 1 atom stereocenters. The second-order valence-corrected chi connectivity index (χ2v) is 7.07. The lowest BCUT2D eigenvalue weighted by atomic mass is 10.0. The zero-order chi connectivity index (χ0) is 19.5. The van der Waals surface area contributed by atoms with Crippen molar-refractivity contribution in [2.24, 2.45) is 0 Å². The zero-order valence-corrected chi connectivity index (χ0v) is 15.3. The van der Waals surface area contributed by atoms with Gasteiger partial charge in [-0.15, -0.1) is 0 Å². The molecule has 3 aromatic rings. The number of benzene rings is 2. The fraction of sp³-hybridized carbons (Fsp3) is 0.286. The Morgan fingerprint density at radius 1 is 1.21 bits per heavy atom. The summed E-state index contributed by atoms with van der Waals surface area (Å²) in [5.41, 5.74) is 0.803. The van der Waals surface area contributed by atoms with E-state index >= 15 is 0 Å². The number of para-hydroxylation sites is 1. The number of carbonyl (C=O) groups excluding carboxylic acids is 1. The zero-order valence-electron chi connectivity index (χ0n) is 15.3. The molecule has 1 aliphatic rings. The van der Waals surface area contributed by atoms with E-state index in [1.54, 1.807) is 36.4 Å². The van der Waals surface area contributed by atoms with Crippen molar-refractivity contribution in [3.8, 4) is 0 Å². The van der Waals surface area contributed by atoms with Gasteiger partial charge < -0.3 is 10.3 Å². The fourth-order valence-electron chi connectivity index (χ4n) is 3.63. The van der Waals surface area contributed by atoms with Crippen LogP contribution in [-0.2, 0) is 6.54 Å². The van der Waals surface area contributed by atoms with Crippen LogP contribution in [0.25, 0.3) is 10.9 Å². The molecule has 0 radical (unpaired) electrons. The predicted molar refractivity (Wildman–Crippen MR) is 105 cm³/mol. The first-order chi connectivity index (χ1) is 13.6. The average Bonchev–Trinajstić information content (AvgIpc) is 2.70. The average molecular weight is 380 g/mol. The van der Waals surface area contributed by atoms with Crippen LogP contribution in [0.1, 0.15) is 29.0 Å². The molecule has 1 aliphatic heterocycles. The molecule has 4 rings (SSSR count). The van der Waals surface area contributed by atoms with E-state index in [0.29, 0.717) is 29.6 Å². The SMILES string of the molecule is O=C(N[C@@H]1CCCN(Cc2ccccc2F)C1)c1nc2ccccc2c(=O)[nH]1. The number of aromatic nitrogens is 2. The van der Waals surface area contributed by atoms with Gasteiger partial charge in [0, 0.05) is 24.7 Å². The highest BCUT2D eigenvalue weighted by Crippen LogP contribution is 2.16. The van der Waals surface area contributed by atoms with Gasteiger partial charge in [0.25, 0.3) is 11.5 Å². The van der Waals surface area contributed by atoms with Crippen LogP contribution < -0.4 is 10.9 Å². The Kier molecular flexibility index (Phi) is 5.16. The largest absolute Gasteiger partial charge is 0.345 e. The van der Waals surface area contributed by atoms with Crippen LogP contribution in [0.5, 0.6) is 0 Å². The van der Waals surface area contributed by atoms with E-state index in [1.165, 1.54) is 6.07 Å². The number of carbonyl (C=O) groups is 1. The maximum absolute atomic E-state index is 13.9. The summed E-state index contributed by atoms with van der Waals surface area (Å²) in [7, 11) is 0. The van der Waals surface area contributed by atoms with Gasteiger partial charge in [0.05, 0.1) is 10.9 Å². The minimum atomic E-state index is -0.402. The first kappa shape index (κ1) is 18.3. The van der Waals surface area contributed by atoms with E-state index in [0.717, 1.165) is 19.4 Å². The van der Waals surface area contributed by atoms with E-state index in [9.17, 15) is 14.0 Å². The van der Waals surface area contributed by atoms with E-state index in [1.807, 2.05) is 6.07 Å². The standard InChI is InChI=1S/C21H21FN4O2/c22-17-9-3-1-6-14(17)12-26-11-5-7-15(13-26)23-21(28)19-24-18-10-4-2-8-16(18)20(27)25-19/h1-4,6,8-10,15H,5,7,11-13H2,(H,23,28)(H,24,25,27)/t15-/m1/s1. The Labute approximate surface area is 161 Å². The number of H-pyrrole nitrogens is 1. The third-order valence-electron chi connectivity index (χ3n) is 5.02. The molecule has 0 unspecified atom stereocenters. The summed E-state index contributed by atoms with van der Waals surface area (Å²) < 4.78 is 13.9. The summed E-state index contributed by atoms with van der Waals surface area (Å²) in [6, 6.07) is 13.6. The van der Waals surface area contributed by atoms with Gasteiger partial charge in [-0.05, 0) is 37.6 Å². The summed E-state index contributed by atoms with van der Waals surface area (Å²) in [5.74, 6) is -0.609. The summed E-state index contributed by atoms with van der Waals surface area (Å²) >= 11 is 0. The fourth-order valence-corrected chi connectivity index (χ4v) is 3.63. The van der Waals surface area contributed by atoms with Gasteiger partial charge >= 0.3 is 0 Å². The molecule has 2 aromatic carbocycles. The van der Waals surface area contributed by atoms with Crippen molar-refractivity contribution in [2.75, 3.05) is 13.1 Å². The van der Waals surface area contributed by atoms with Crippen molar-refractivity contribution in [1.82, 2.24) is 20.2 Å². The molecule has 0 saturated carbocycles. The highest BCUT2D eigenvalue weighted by Gasteiger charge is 2.23. The Balaban J connectivity index is 1.44. The molecule has 1 fully saturated rings. The van der Waals surface area contributed by atoms with Crippen LogP contribution in [0, 0.1) is 5.82 Å². The van der Waals surface area contributed by atoms with E-state index in [-0.39, 0.29) is 23.2 Å². The summed E-state index contributed by atoms with van der Waals surface area (Å²) in [5, 5.41) is 3.40. The van der Waals surface area contributed by atoms with Gasteiger partial charge in [0.1, 0.15) is 5.82 Å². The number of likely N-dealkylation sites (tertiary alicyclic amines) is 1. The molecular weight excluding hydrogens is 359 g/mol. The van der Waals surface area contributed by atoms with E-state index in [4.69, 9.17) is 0 Å². The van der Waals surface area contributed by atoms with Crippen molar-refractivity contribution < 1.29 is 9.18 Å². The van der Waals surface area contributed by atoms with Crippen LogP contribution >= 0.6 is 0 Å². The second-order valence-electron chi connectivity index (χ2n) is 7.07. The molecule has 144 valence electrons. The number of piperidine rings is 1. The lowest BCUT2D eigenvalue weighted by Crippen LogP contribution is -2.47. The number of hydrogen-bond acceptors (Lipinski definition) is 4. The molecule has 2 heterocycles. The smallest absolute Gasteiger partial charge is 0.287 e. The van der Waals surface area contributed by atoms with Gasteiger partial charge in [-0.3, -0.25) is 14.5 Å². The molecule has 1 aromatic heterocycles. The molecule has 2 N–H and O–H groups in total. The van der Waals surface area contributed by atoms with E-state index < -0.39 is 5.91 Å². The van der Waals surface area contributed by atoms with Gasteiger partial charge in [0.15, 0.2) is 5.82 Å². The number of halogens is 1. The van der Waals surface area contributed by atoms with Crippen LogP contribution in [0.3, 0.4) is 0 Å². The van der Waals surface area contributed by atoms with Crippen LogP contribution in [-0.4, -0.2) is 39.9 Å². The third kappa shape index (κ3) is 3.94. The predicted octanol–water partition coefficient (Wildman–Crippen LogP) is 2.46. The van der Waals surface area contributed by atoms with Gasteiger partial charge in [-0.2, -0.15) is 0 Å². The summed E-state index contributed by atoms with van der Waals surface area (Å²) in [4.78, 5) is 33.7. The summed E-state index contributed by atoms with van der Waals surface area (Å²) in [6.45, 7) is 1.98. The molecule has 7 heteroatoms. The number of aromatic amines is 1. The molecule has 28 heavy (non-hydrogen) atoms. The van der Waals surface area contributed by atoms with E-state index in [2.05, 4.69) is 20.2 Å². The van der Waals surface area contributed by atoms with Crippen molar-refractivity contribution in [1.29, 1.82) is 0 Å². The molecule has 0 spiro atoms. The van der Waals surface area contributed by atoms with Crippen LogP contribution in [0.15, 0.2) is 53.3 Å². The number of amides is 1. The molecule has 0 aliphatic carbocycles. The number of rotatable bonds is 4. The first-order valence-corrected chi connectivity index (χ1v) is 9.36. The number of hydrogen-bond donors (Lipinski definition) is 2. The monoisotopic (exact) mass is 380 g/mol. The van der Waals surface area contributed by atoms with Crippen molar-refractivity contribution in [2.45, 2.75) is 25.4 Å². The third-order valence-corrected chi connectivity index (χ3v) is 5.02. The van der Waals surface area contributed by atoms with Crippen molar-refractivity contribution in [3.05, 3.63) is 76.1 Å². The topological polar surface area (TPSA) is 78.1 Å². The van der Waals surface area contributed by atoms with Crippen molar-refractivity contribution in [3.63, 3.8) is 0 Å². The second kappa shape index (κ2) is 7.90. The quantitative estimate of drug-likeness (QED) is 0.729. The van der Waals surface area contributed by atoms with Gasteiger partial charge in [-0.1, -0.05) is 30.3 Å². The van der Waals surface area contributed by atoms with Crippen LogP contribution in [0.4, 0.5) is 4.39 Å². The minimum absolute atomic E-state index is 0.00919. The number of fused-ring (bicyclic) bond motifs is 1. The molecular formula is C21H21FN4O2.